The molecule has 0 radical (unpaired) electrons. The molecular formula is C16H17ClO3. The number of rotatable bonds is 6. The molecule has 0 spiro atoms. The van der Waals surface area contributed by atoms with Crippen LogP contribution < -0.4 is 4.74 Å². The van der Waals surface area contributed by atoms with Crippen molar-refractivity contribution in [1.82, 2.24) is 0 Å². The minimum absolute atomic E-state index is 0.0849. The average Bonchev–Trinajstić information content (AvgIpc) is 2.47. The van der Waals surface area contributed by atoms with Crippen LogP contribution in [0.5, 0.6) is 11.5 Å². The number of methoxy groups -OCH3 is 1. The van der Waals surface area contributed by atoms with Gasteiger partial charge in [0.1, 0.15) is 11.5 Å². The number of benzene rings is 2. The van der Waals surface area contributed by atoms with E-state index < -0.39 is 0 Å². The fraction of sp³-hybridized carbons (Fsp3) is 0.250. The molecule has 0 aliphatic rings. The first-order valence-corrected chi connectivity index (χ1v) is 6.75. The normalized spacial score (nSPS) is 10.6. The van der Waals surface area contributed by atoms with Gasteiger partial charge in [0.05, 0.1) is 13.2 Å². The second-order valence-electron chi connectivity index (χ2n) is 4.40. The van der Waals surface area contributed by atoms with Crippen LogP contribution in [0.15, 0.2) is 42.5 Å². The lowest BCUT2D eigenvalue weighted by atomic mass is 10.1. The first kappa shape index (κ1) is 14.9. The molecule has 106 valence electrons. The summed E-state index contributed by atoms with van der Waals surface area (Å²) in [4.78, 5) is 0. The van der Waals surface area contributed by atoms with E-state index in [2.05, 4.69) is 0 Å². The van der Waals surface area contributed by atoms with Crippen LogP contribution in [-0.2, 0) is 17.8 Å². The maximum absolute atomic E-state index is 9.29. The van der Waals surface area contributed by atoms with E-state index in [4.69, 9.17) is 21.1 Å². The van der Waals surface area contributed by atoms with Gasteiger partial charge in [-0.25, -0.2) is 0 Å². The predicted octanol–water partition coefficient (Wildman–Crippen LogP) is 3.81. The fourth-order valence-corrected chi connectivity index (χ4v) is 1.99. The van der Waals surface area contributed by atoms with Crippen LogP contribution in [0.4, 0.5) is 0 Å². The molecule has 2 aromatic carbocycles. The number of aliphatic hydroxyl groups is 1. The van der Waals surface area contributed by atoms with Crippen LogP contribution in [0.1, 0.15) is 11.1 Å². The maximum atomic E-state index is 9.29. The molecule has 0 bridgehead atoms. The van der Waals surface area contributed by atoms with Crippen LogP contribution in [0, 0.1) is 0 Å². The summed E-state index contributed by atoms with van der Waals surface area (Å²) in [6.07, 6.45) is 0.871. The molecule has 2 rings (SSSR count). The van der Waals surface area contributed by atoms with E-state index in [1.807, 2.05) is 24.3 Å². The Balaban J connectivity index is 2.11. The Morgan fingerprint density at radius 3 is 2.50 bits per heavy atom. The molecule has 0 heterocycles. The smallest absolute Gasteiger partial charge is 0.134 e. The van der Waals surface area contributed by atoms with E-state index in [0.29, 0.717) is 28.7 Å². The largest absolute Gasteiger partial charge is 0.457 e. The number of hydrogen-bond acceptors (Lipinski definition) is 3. The standard InChI is InChI=1S/C16H17ClO3/c1-19-9-8-12-2-6-15(7-3-12)20-16-10-14(17)5-4-13(16)11-18/h2-7,10,18H,8-9,11H2,1H3. The van der Waals surface area contributed by atoms with Gasteiger partial charge >= 0.3 is 0 Å². The van der Waals surface area contributed by atoms with Gasteiger partial charge in [-0.2, -0.15) is 0 Å². The highest BCUT2D eigenvalue weighted by atomic mass is 35.5. The molecule has 0 unspecified atom stereocenters. The zero-order valence-electron chi connectivity index (χ0n) is 11.3. The van der Waals surface area contributed by atoms with E-state index >= 15 is 0 Å². The zero-order chi connectivity index (χ0) is 14.4. The minimum Gasteiger partial charge on any atom is -0.457 e. The van der Waals surface area contributed by atoms with Crippen molar-refractivity contribution >= 4 is 11.6 Å². The van der Waals surface area contributed by atoms with Gasteiger partial charge in [-0.1, -0.05) is 29.8 Å². The zero-order valence-corrected chi connectivity index (χ0v) is 12.1. The van der Waals surface area contributed by atoms with Crippen molar-refractivity contribution < 1.29 is 14.6 Å². The van der Waals surface area contributed by atoms with Gasteiger partial charge in [-0.05, 0) is 36.2 Å². The predicted molar refractivity (Wildman–Crippen MR) is 79.5 cm³/mol. The summed E-state index contributed by atoms with van der Waals surface area (Å²) in [5.74, 6) is 1.28. The Labute approximate surface area is 123 Å². The molecule has 3 nitrogen and oxygen atoms in total. The summed E-state index contributed by atoms with van der Waals surface area (Å²) in [7, 11) is 1.69. The van der Waals surface area contributed by atoms with Gasteiger partial charge in [-0.15, -0.1) is 0 Å². The highest BCUT2D eigenvalue weighted by Gasteiger charge is 2.05. The van der Waals surface area contributed by atoms with Gasteiger partial charge in [0.15, 0.2) is 0 Å². The van der Waals surface area contributed by atoms with Crippen LogP contribution in [0.25, 0.3) is 0 Å². The summed E-state index contributed by atoms with van der Waals surface area (Å²) < 4.78 is 10.8. The second-order valence-corrected chi connectivity index (χ2v) is 4.84. The van der Waals surface area contributed by atoms with Crippen molar-refractivity contribution in [3.8, 4) is 11.5 Å². The first-order chi connectivity index (χ1) is 9.72. The van der Waals surface area contributed by atoms with E-state index in [9.17, 15) is 5.11 Å². The minimum atomic E-state index is -0.0849. The Bertz CT molecular complexity index is 552. The van der Waals surface area contributed by atoms with E-state index in [0.717, 1.165) is 6.42 Å². The molecular weight excluding hydrogens is 276 g/mol. The lowest BCUT2D eigenvalue weighted by Crippen LogP contribution is -1.95. The molecule has 0 atom stereocenters. The third kappa shape index (κ3) is 3.97. The molecule has 0 aromatic heterocycles. The summed E-state index contributed by atoms with van der Waals surface area (Å²) in [6.45, 7) is 0.613. The van der Waals surface area contributed by atoms with Crippen LogP contribution in [-0.4, -0.2) is 18.8 Å². The van der Waals surface area contributed by atoms with Crippen LogP contribution in [0.3, 0.4) is 0 Å². The molecule has 1 N–H and O–H groups in total. The number of hydrogen-bond donors (Lipinski definition) is 1. The van der Waals surface area contributed by atoms with E-state index in [1.165, 1.54) is 5.56 Å². The first-order valence-electron chi connectivity index (χ1n) is 6.38. The van der Waals surface area contributed by atoms with Gasteiger partial charge in [0.2, 0.25) is 0 Å². The fourth-order valence-electron chi connectivity index (χ4n) is 1.83. The number of aliphatic hydroxyl groups excluding tert-OH is 1. The van der Waals surface area contributed by atoms with Gasteiger partial charge in [0.25, 0.3) is 0 Å². The number of ether oxygens (including phenoxy) is 2. The molecule has 4 heteroatoms. The van der Waals surface area contributed by atoms with Gasteiger partial charge < -0.3 is 14.6 Å². The quantitative estimate of drug-likeness (QED) is 0.880. The number of halogens is 1. The Morgan fingerprint density at radius 2 is 1.85 bits per heavy atom. The monoisotopic (exact) mass is 292 g/mol. The Morgan fingerprint density at radius 1 is 1.10 bits per heavy atom. The van der Waals surface area contributed by atoms with Crippen molar-refractivity contribution in [2.24, 2.45) is 0 Å². The van der Waals surface area contributed by atoms with Crippen molar-refractivity contribution in [3.05, 3.63) is 58.6 Å². The van der Waals surface area contributed by atoms with E-state index in [1.54, 1.807) is 25.3 Å². The van der Waals surface area contributed by atoms with Gasteiger partial charge in [0, 0.05) is 17.7 Å². The molecule has 0 fully saturated rings. The third-order valence-electron chi connectivity index (χ3n) is 2.95. The van der Waals surface area contributed by atoms with E-state index in [-0.39, 0.29) is 6.61 Å². The highest BCUT2D eigenvalue weighted by Crippen LogP contribution is 2.28. The molecule has 0 aliphatic carbocycles. The highest BCUT2D eigenvalue weighted by molar-refractivity contribution is 6.30. The second kappa shape index (κ2) is 7.29. The molecule has 0 saturated carbocycles. The Hall–Kier alpha value is -1.55. The van der Waals surface area contributed by atoms with Crippen molar-refractivity contribution in [2.45, 2.75) is 13.0 Å². The molecule has 2 aromatic rings. The molecule has 0 amide bonds. The Kier molecular flexibility index (Phi) is 5.41. The third-order valence-corrected chi connectivity index (χ3v) is 3.18. The van der Waals surface area contributed by atoms with Crippen LogP contribution >= 0.6 is 11.6 Å². The lowest BCUT2D eigenvalue weighted by Gasteiger charge is -2.10. The van der Waals surface area contributed by atoms with Gasteiger partial charge in [-0.3, -0.25) is 0 Å². The summed E-state index contributed by atoms with van der Waals surface area (Å²) in [5.41, 5.74) is 1.89. The topological polar surface area (TPSA) is 38.7 Å². The maximum Gasteiger partial charge on any atom is 0.134 e. The summed E-state index contributed by atoms with van der Waals surface area (Å²) in [6, 6.07) is 13.0. The van der Waals surface area contributed by atoms with Crippen molar-refractivity contribution in [2.75, 3.05) is 13.7 Å². The van der Waals surface area contributed by atoms with Crippen molar-refractivity contribution in [1.29, 1.82) is 0 Å². The average molecular weight is 293 g/mol. The van der Waals surface area contributed by atoms with Crippen LogP contribution in [0.2, 0.25) is 5.02 Å². The molecule has 0 aliphatic heterocycles. The lowest BCUT2D eigenvalue weighted by molar-refractivity contribution is 0.202. The molecule has 0 saturated heterocycles. The molecule has 20 heavy (non-hydrogen) atoms. The summed E-state index contributed by atoms with van der Waals surface area (Å²) in [5, 5.41) is 9.87. The van der Waals surface area contributed by atoms with Crippen molar-refractivity contribution in [3.63, 3.8) is 0 Å². The SMILES string of the molecule is COCCc1ccc(Oc2cc(Cl)ccc2CO)cc1. The summed E-state index contributed by atoms with van der Waals surface area (Å²) >= 11 is 5.95.